The van der Waals surface area contributed by atoms with Crippen LogP contribution in [-0.2, 0) is 22.6 Å². The van der Waals surface area contributed by atoms with Crippen LogP contribution in [0.3, 0.4) is 0 Å². The monoisotopic (exact) mass is 391 g/mol. The van der Waals surface area contributed by atoms with Crippen LogP contribution in [0, 0.1) is 17.0 Å². The molecule has 0 spiro atoms. The summed E-state index contributed by atoms with van der Waals surface area (Å²) in [6.45, 7) is 5.36. The fourth-order valence-electron chi connectivity index (χ4n) is 2.98. The molecule has 1 fully saturated rings. The predicted octanol–water partition coefficient (Wildman–Crippen LogP) is 0.427. The van der Waals surface area contributed by atoms with Gasteiger partial charge in [-0.3, -0.25) is 14.3 Å². The Bertz CT molecular complexity index is 897. The number of nitrogens with zero attached hydrogens (tertiary/aromatic N) is 6. The van der Waals surface area contributed by atoms with E-state index in [4.69, 9.17) is 4.74 Å². The Balaban J connectivity index is 1.79. The number of aromatic nitrogens is 4. The van der Waals surface area contributed by atoms with Crippen LogP contribution in [-0.4, -0.2) is 67.5 Å². The van der Waals surface area contributed by atoms with E-state index < -0.39 is 10.8 Å². The molecule has 0 saturated carbocycles. The van der Waals surface area contributed by atoms with Crippen molar-refractivity contribution in [3.8, 4) is 0 Å². The van der Waals surface area contributed by atoms with Crippen LogP contribution in [0.1, 0.15) is 23.1 Å². The number of rotatable bonds is 6. The van der Waals surface area contributed by atoms with Crippen molar-refractivity contribution < 1.29 is 19.2 Å². The highest BCUT2D eigenvalue weighted by molar-refractivity contribution is 6.02. The SMILES string of the molecule is CCn1ncc(NC(=O)Cn2nc(C)cc2[N+](=O)[O-])c1C(=O)N1CCOCC1. The molecule has 3 rings (SSSR count). The predicted molar refractivity (Wildman–Crippen MR) is 96.9 cm³/mol. The van der Waals surface area contributed by atoms with Crippen molar-refractivity contribution >= 4 is 23.3 Å². The number of nitrogens with one attached hydrogen (secondary N) is 1. The number of hydrogen-bond acceptors (Lipinski definition) is 7. The van der Waals surface area contributed by atoms with Crippen LogP contribution in [0.25, 0.3) is 0 Å². The smallest absolute Gasteiger partial charge is 0.345 e. The van der Waals surface area contributed by atoms with Gasteiger partial charge in [-0.1, -0.05) is 5.10 Å². The molecule has 150 valence electrons. The zero-order valence-corrected chi connectivity index (χ0v) is 15.6. The molecule has 1 saturated heterocycles. The quantitative estimate of drug-likeness (QED) is 0.556. The highest BCUT2D eigenvalue weighted by atomic mass is 16.6. The van der Waals surface area contributed by atoms with Gasteiger partial charge in [0.05, 0.1) is 36.9 Å². The van der Waals surface area contributed by atoms with E-state index in [0.29, 0.717) is 38.5 Å². The lowest BCUT2D eigenvalue weighted by Crippen LogP contribution is -2.41. The second-order valence-electron chi connectivity index (χ2n) is 6.23. The molecule has 0 aromatic carbocycles. The maximum Gasteiger partial charge on any atom is 0.345 e. The van der Waals surface area contributed by atoms with Gasteiger partial charge in [0.2, 0.25) is 0 Å². The first-order chi connectivity index (χ1) is 13.4. The van der Waals surface area contributed by atoms with Crippen molar-refractivity contribution in [1.29, 1.82) is 0 Å². The van der Waals surface area contributed by atoms with Crippen molar-refractivity contribution in [2.75, 3.05) is 31.6 Å². The maximum absolute atomic E-state index is 12.9. The molecule has 2 aromatic rings. The molecular weight excluding hydrogens is 370 g/mol. The first-order valence-corrected chi connectivity index (χ1v) is 8.82. The van der Waals surface area contributed by atoms with Gasteiger partial charge in [0, 0.05) is 19.6 Å². The molecular formula is C16H21N7O5. The summed E-state index contributed by atoms with van der Waals surface area (Å²) in [6, 6.07) is 1.29. The molecule has 12 heteroatoms. The molecule has 28 heavy (non-hydrogen) atoms. The summed E-state index contributed by atoms with van der Waals surface area (Å²) in [4.78, 5) is 37.5. The number of carbonyl (C=O) groups is 2. The van der Waals surface area contributed by atoms with E-state index >= 15 is 0 Å². The van der Waals surface area contributed by atoms with Gasteiger partial charge in [-0.2, -0.15) is 5.10 Å². The molecule has 1 aliphatic rings. The van der Waals surface area contributed by atoms with Gasteiger partial charge in [-0.25, -0.2) is 0 Å². The molecule has 2 amide bonds. The molecule has 0 radical (unpaired) electrons. The fraction of sp³-hybridized carbons (Fsp3) is 0.500. The summed E-state index contributed by atoms with van der Waals surface area (Å²) in [6.07, 6.45) is 1.40. The van der Waals surface area contributed by atoms with Gasteiger partial charge >= 0.3 is 5.82 Å². The van der Waals surface area contributed by atoms with Crippen molar-refractivity contribution in [2.24, 2.45) is 0 Å². The molecule has 0 atom stereocenters. The average Bonchev–Trinajstić information content (AvgIpc) is 3.24. The topological polar surface area (TPSA) is 137 Å². The third-order valence-corrected chi connectivity index (χ3v) is 4.28. The summed E-state index contributed by atoms with van der Waals surface area (Å²) in [5.41, 5.74) is 0.959. The van der Waals surface area contributed by atoms with Crippen LogP contribution in [0.5, 0.6) is 0 Å². The number of ether oxygens (including phenoxy) is 1. The number of hydrogen-bond donors (Lipinski definition) is 1. The summed E-state index contributed by atoms with van der Waals surface area (Å²) in [7, 11) is 0. The summed E-state index contributed by atoms with van der Waals surface area (Å²) >= 11 is 0. The Labute approximate surface area is 160 Å². The molecule has 0 aliphatic carbocycles. The first kappa shape index (κ1) is 19.5. The lowest BCUT2D eigenvalue weighted by Gasteiger charge is -2.27. The number of morpholine rings is 1. The number of anilines is 1. The van der Waals surface area contributed by atoms with Crippen LogP contribution in [0.15, 0.2) is 12.3 Å². The minimum Gasteiger partial charge on any atom is -0.378 e. The van der Waals surface area contributed by atoms with Crippen LogP contribution < -0.4 is 5.32 Å². The fourth-order valence-corrected chi connectivity index (χ4v) is 2.98. The second-order valence-corrected chi connectivity index (χ2v) is 6.23. The summed E-state index contributed by atoms with van der Waals surface area (Å²) in [5.74, 6) is -1.07. The normalized spacial score (nSPS) is 14.1. The summed E-state index contributed by atoms with van der Waals surface area (Å²) in [5, 5.41) is 21.8. The average molecular weight is 391 g/mol. The Hall–Kier alpha value is -3.28. The van der Waals surface area contributed by atoms with E-state index in [1.54, 1.807) is 11.8 Å². The molecule has 12 nitrogen and oxygen atoms in total. The van der Waals surface area contributed by atoms with E-state index in [1.807, 2.05) is 6.92 Å². The Morgan fingerprint density at radius 2 is 2.04 bits per heavy atom. The molecule has 2 aromatic heterocycles. The Kier molecular flexibility index (Phi) is 5.68. The van der Waals surface area contributed by atoms with E-state index in [0.717, 1.165) is 4.68 Å². The van der Waals surface area contributed by atoms with Gasteiger partial charge in [0.1, 0.15) is 5.69 Å². The lowest BCUT2D eigenvalue weighted by molar-refractivity contribution is -0.392. The third kappa shape index (κ3) is 4.01. The van der Waals surface area contributed by atoms with E-state index in [9.17, 15) is 19.7 Å². The van der Waals surface area contributed by atoms with Crippen molar-refractivity contribution in [3.05, 3.63) is 33.8 Å². The number of carbonyl (C=O) groups excluding carboxylic acids is 2. The van der Waals surface area contributed by atoms with Gasteiger partial charge in [0.25, 0.3) is 11.8 Å². The van der Waals surface area contributed by atoms with Crippen molar-refractivity contribution in [3.63, 3.8) is 0 Å². The first-order valence-electron chi connectivity index (χ1n) is 8.82. The maximum atomic E-state index is 12.9. The zero-order chi connectivity index (χ0) is 20.3. The molecule has 1 aliphatic heterocycles. The minimum atomic E-state index is -0.601. The molecule has 0 unspecified atom stereocenters. The van der Waals surface area contributed by atoms with Gasteiger partial charge in [0.15, 0.2) is 6.54 Å². The second kappa shape index (κ2) is 8.17. The highest BCUT2D eigenvalue weighted by Gasteiger charge is 2.27. The van der Waals surface area contributed by atoms with Crippen molar-refractivity contribution in [1.82, 2.24) is 24.5 Å². The largest absolute Gasteiger partial charge is 0.378 e. The molecule has 1 N–H and O–H groups in total. The zero-order valence-electron chi connectivity index (χ0n) is 15.6. The van der Waals surface area contributed by atoms with Crippen molar-refractivity contribution in [2.45, 2.75) is 26.9 Å². The van der Waals surface area contributed by atoms with E-state index in [1.165, 1.54) is 16.9 Å². The van der Waals surface area contributed by atoms with Gasteiger partial charge in [-0.05, 0) is 18.8 Å². The number of nitro groups is 1. The standard InChI is InChI=1S/C16H21N7O5/c1-3-21-15(16(25)20-4-6-28-7-5-20)12(9-17-21)18-13(24)10-22-14(23(26)27)8-11(2)19-22/h8-9H,3-7,10H2,1-2H3,(H,18,24). The van der Waals surface area contributed by atoms with E-state index in [2.05, 4.69) is 15.5 Å². The van der Waals surface area contributed by atoms with E-state index in [-0.39, 0.29) is 29.7 Å². The lowest BCUT2D eigenvalue weighted by atomic mass is 10.2. The highest BCUT2D eigenvalue weighted by Crippen LogP contribution is 2.19. The van der Waals surface area contributed by atoms with Gasteiger partial charge < -0.3 is 25.1 Å². The van der Waals surface area contributed by atoms with Crippen LogP contribution >= 0.6 is 0 Å². The summed E-state index contributed by atoms with van der Waals surface area (Å²) < 4.78 is 7.79. The molecule has 3 heterocycles. The number of aryl methyl sites for hydroxylation is 2. The Morgan fingerprint density at radius 1 is 1.32 bits per heavy atom. The number of amides is 2. The minimum absolute atomic E-state index is 0.251. The van der Waals surface area contributed by atoms with Crippen LogP contribution in [0.4, 0.5) is 11.5 Å². The van der Waals surface area contributed by atoms with Gasteiger partial charge in [-0.15, -0.1) is 4.68 Å². The van der Waals surface area contributed by atoms with Crippen LogP contribution in [0.2, 0.25) is 0 Å². The molecule has 0 bridgehead atoms. The Morgan fingerprint density at radius 3 is 2.68 bits per heavy atom. The third-order valence-electron chi connectivity index (χ3n) is 4.28.